The standard InChI is InChI=1S/C20H26N4OS/c1-15-3-2-4-16(13-15)14-24-10-7-20(8-11-24,18(25)22-17-5-6-17)23-19-21-9-12-26-19/h2-4,9,12-13,17H,5-8,10-11,14H2,1H3,(H,21,23)(H,22,25). The molecule has 26 heavy (non-hydrogen) atoms. The van der Waals surface area contributed by atoms with Crippen molar-refractivity contribution in [3.05, 3.63) is 47.0 Å². The number of thiazole rings is 1. The van der Waals surface area contributed by atoms with E-state index in [9.17, 15) is 4.79 Å². The molecule has 2 heterocycles. The van der Waals surface area contributed by atoms with Gasteiger partial charge in [0, 0.05) is 37.3 Å². The van der Waals surface area contributed by atoms with Crippen LogP contribution in [0.4, 0.5) is 5.13 Å². The van der Waals surface area contributed by atoms with Gasteiger partial charge in [0.2, 0.25) is 5.91 Å². The van der Waals surface area contributed by atoms with E-state index in [0.717, 1.165) is 50.4 Å². The maximum Gasteiger partial charge on any atom is 0.246 e. The van der Waals surface area contributed by atoms with E-state index in [2.05, 4.69) is 51.7 Å². The summed E-state index contributed by atoms with van der Waals surface area (Å²) in [6, 6.07) is 9.05. The van der Waals surface area contributed by atoms with E-state index >= 15 is 0 Å². The number of nitrogens with zero attached hydrogens (tertiary/aromatic N) is 2. The number of benzene rings is 1. The summed E-state index contributed by atoms with van der Waals surface area (Å²) in [5.41, 5.74) is 2.10. The zero-order valence-electron chi connectivity index (χ0n) is 15.2. The number of aromatic nitrogens is 1. The molecule has 1 aromatic carbocycles. The molecular formula is C20H26N4OS. The lowest BCUT2D eigenvalue weighted by molar-refractivity contribution is -0.127. The first-order valence-corrected chi connectivity index (χ1v) is 10.3. The lowest BCUT2D eigenvalue weighted by atomic mass is 9.86. The molecule has 1 saturated carbocycles. The lowest BCUT2D eigenvalue weighted by Gasteiger charge is -2.41. The van der Waals surface area contributed by atoms with Gasteiger partial charge in [0.1, 0.15) is 5.54 Å². The van der Waals surface area contributed by atoms with Gasteiger partial charge in [-0.15, -0.1) is 11.3 Å². The second-order valence-corrected chi connectivity index (χ2v) is 8.45. The Bertz CT molecular complexity index is 749. The van der Waals surface area contributed by atoms with Crippen LogP contribution >= 0.6 is 11.3 Å². The van der Waals surface area contributed by atoms with Crippen LogP contribution in [-0.2, 0) is 11.3 Å². The molecule has 0 unspecified atom stereocenters. The van der Waals surface area contributed by atoms with E-state index in [1.165, 1.54) is 11.1 Å². The molecule has 1 aliphatic carbocycles. The summed E-state index contributed by atoms with van der Waals surface area (Å²) in [6.07, 6.45) is 5.61. The van der Waals surface area contributed by atoms with E-state index in [-0.39, 0.29) is 5.91 Å². The van der Waals surface area contributed by atoms with Crippen molar-refractivity contribution in [1.82, 2.24) is 15.2 Å². The summed E-state index contributed by atoms with van der Waals surface area (Å²) in [5.74, 6) is 0.144. The Kier molecular flexibility index (Phi) is 4.96. The highest BCUT2D eigenvalue weighted by atomic mass is 32.1. The summed E-state index contributed by atoms with van der Waals surface area (Å²) in [7, 11) is 0. The quantitative estimate of drug-likeness (QED) is 0.820. The Morgan fingerprint density at radius 3 is 2.81 bits per heavy atom. The number of piperidine rings is 1. The SMILES string of the molecule is Cc1cccc(CN2CCC(Nc3nccs3)(C(=O)NC3CC3)CC2)c1. The molecule has 138 valence electrons. The molecule has 4 rings (SSSR count). The highest BCUT2D eigenvalue weighted by Crippen LogP contribution is 2.31. The molecule has 0 radical (unpaired) electrons. The number of carbonyl (C=O) groups is 1. The van der Waals surface area contributed by atoms with Gasteiger partial charge < -0.3 is 10.6 Å². The van der Waals surface area contributed by atoms with Crippen molar-refractivity contribution in [2.75, 3.05) is 18.4 Å². The first-order valence-electron chi connectivity index (χ1n) is 9.39. The van der Waals surface area contributed by atoms with Crippen LogP contribution in [0.3, 0.4) is 0 Å². The number of hydrogen-bond donors (Lipinski definition) is 2. The first-order chi connectivity index (χ1) is 12.6. The van der Waals surface area contributed by atoms with Crippen molar-refractivity contribution in [2.24, 2.45) is 0 Å². The minimum Gasteiger partial charge on any atom is -0.351 e. The largest absolute Gasteiger partial charge is 0.351 e. The third-order valence-electron chi connectivity index (χ3n) is 5.32. The van der Waals surface area contributed by atoms with Crippen LogP contribution in [-0.4, -0.2) is 40.5 Å². The zero-order valence-corrected chi connectivity index (χ0v) is 16.0. The van der Waals surface area contributed by atoms with Gasteiger partial charge in [-0.25, -0.2) is 4.98 Å². The number of rotatable bonds is 6. The van der Waals surface area contributed by atoms with Crippen LogP contribution in [0.1, 0.15) is 36.8 Å². The van der Waals surface area contributed by atoms with Gasteiger partial charge in [-0.1, -0.05) is 29.8 Å². The van der Waals surface area contributed by atoms with Gasteiger partial charge in [0.05, 0.1) is 0 Å². The van der Waals surface area contributed by atoms with E-state index in [1.807, 2.05) is 5.38 Å². The van der Waals surface area contributed by atoms with Crippen LogP contribution in [0, 0.1) is 6.92 Å². The van der Waals surface area contributed by atoms with Gasteiger partial charge >= 0.3 is 0 Å². The lowest BCUT2D eigenvalue weighted by Crippen LogP contribution is -2.58. The molecule has 1 aliphatic heterocycles. The molecule has 6 heteroatoms. The molecule has 5 nitrogen and oxygen atoms in total. The highest BCUT2D eigenvalue weighted by Gasteiger charge is 2.43. The van der Waals surface area contributed by atoms with Crippen LogP contribution < -0.4 is 10.6 Å². The predicted octanol–water partition coefficient (Wildman–Crippen LogP) is 3.18. The summed E-state index contributed by atoms with van der Waals surface area (Å²) in [5, 5.41) is 9.46. The Balaban J connectivity index is 1.43. The van der Waals surface area contributed by atoms with Crippen molar-refractivity contribution in [3.8, 4) is 0 Å². The summed E-state index contributed by atoms with van der Waals surface area (Å²) >= 11 is 1.56. The van der Waals surface area contributed by atoms with Crippen molar-refractivity contribution in [1.29, 1.82) is 0 Å². The van der Waals surface area contributed by atoms with Crippen LogP contribution in [0.2, 0.25) is 0 Å². The monoisotopic (exact) mass is 370 g/mol. The Morgan fingerprint density at radius 1 is 1.35 bits per heavy atom. The first kappa shape index (κ1) is 17.5. The molecule has 0 bridgehead atoms. The molecule has 0 atom stereocenters. The van der Waals surface area contributed by atoms with E-state index in [1.54, 1.807) is 17.5 Å². The van der Waals surface area contributed by atoms with E-state index in [0.29, 0.717) is 6.04 Å². The molecular weight excluding hydrogens is 344 g/mol. The molecule has 1 aromatic heterocycles. The average Bonchev–Trinajstić information content (AvgIpc) is 3.30. The maximum absolute atomic E-state index is 13.0. The van der Waals surface area contributed by atoms with Gasteiger partial charge in [-0.3, -0.25) is 9.69 Å². The average molecular weight is 371 g/mol. The van der Waals surface area contributed by atoms with Crippen LogP contribution in [0.15, 0.2) is 35.8 Å². The van der Waals surface area contributed by atoms with Gasteiger partial charge in [-0.05, 0) is 38.2 Å². The molecule has 1 saturated heterocycles. The number of nitrogens with one attached hydrogen (secondary N) is 2. The zero-order chi connectivity index (χ0) is 18.0. The fourth-order valence-electron chi connectivity index (χ4n) is 3.61. The summed E-state index contributed by atoms with van der Waals surface area (Å²) in [4.78, 5) is 19.8. The minimum atomic E-state index is -0.538. The second-order valence-electron chi connectivity index (χ2n) is 7.56. The van der Waals surface area contributed by atoms with E-state index < -0.39 is 5.54 Å². The molecule has 2 fully saturated rings. The maximum atomic E-state index is 13.0. The Morgan fingerprint density at radius 2 is 2.15 bits per heavy atom. The van der Waals surface area contributed by atoms with Crippen molar-refractivity contribution in [3.63, 3.8) is 0 Å². The topological polar surface area (TPSA) is 57.3 Å². The Hall–Kier alpha value is -1.92. The smallest absolute Gasteiger partial charge is 0.246 e. The fourth-order valence-corrected chi connectivity index (χ4v) is 4.24. The molecule has 1 amide bonds. The number of hydrogen-bond acceptors (Lipinski definition) is 5. The predicted molar refractivity (Wildman–Crippen MR) is 105 cm³/mol. The van der Waals surface area contributed by atoms with Gasteiger partial charge in [0.25, 0.3) is 0 Å². The number of likely N-dealkylation sites (tertiary alicyclic amines) is 1. The van der Waals surface area contributed by atoms with Gasteiger partial charge in [0.15, 0.2) is 5.13 Å². The van der Waals surface area contributed by atoms with Crippen molar-refractivity contribution < 1.29 is 4.79 Å². The summed E-state index contributed by atoms with van der Waals surface area (Å²) < 4.78 is 0. The number of aryl methyl sites for hydroxylation is 1. The Labute approximate surface area is 158 Å². The highest BCUT2D eigenvalue weighted by molar-refractivity contribution is 7.13. The van der Waals surface area contributed by atoms with E-state index in [4.69, 9.17) is 0 Å². The third-order valence-corrected chi connectivity index (χ3v) is 6.01. The van der Waals surface area contributed by atoms with Crippen molar-refractivity contribution >= 4 is 22.4 Å². The molecule has 2 aromatic rings. The molecule has 2 aliphatic rings. The molecule has 2 N–H and O–H groups in total. The van der Waals surface area contributed by atoms with Crippen LogP contribution in [0.25, 0.3) is 0 Å². The van der Waals surface area contributed by atoms with Crippen LogP contribution in [0.5, 0.6) is 0 Å². The number of amides is 1. The minimum absolute atomic E-state index is 0.144. The third kappa shape index (κ3) is 4.07. The molecule has 0 spiro atoms. The normalized spacial score (nSPS) is 19.9. The second kappa shape index (κ2) is 7.37. The number of carbonyl (C=O) groups excluding carboxylic acids is 1. The number of anilines is 1. The fraction of sp³-hybridized carbons (Fsp3) is 0.500. The summed E-state index contributed by atoms with van der Waals surface area (Å²) in [6.45, 7) is 4.89. The van der Waals surface area contributed by atoms with Gasteiger partial charge in [-0.2, -0.15) is 0 Å². The van der Waals surface area contributed by atoms with Crippen molar-refractivity contribution in [2.45, 2.75) is 50.7 Å².